The summed E-state index contributed by atoms with van der Waals surface area (Å²) in [5.41, 5.74) is 0.868. The van der Waals surface area contributed by atoms with Crippen LogP contribution in [0.2, 0.25) is 0 Å². The lowest BCUT2D eigenvalue weighted by Crippen LogP contribution is -2.22. The Hall–Kier alpha value is -1.95. The number of methoxy groups -OCH3 is 1. The second-order valence-electron chi connectivity index (χ2n) is 3.65. The zero-order valence-electron chi connectivity index (χ0n) is 10.0. The molecule has 0 radical (unpaired) electrons. The number of benzene rings is 1. The molecule has 0 atom stereocenters. The number of ether oxygens (including phenoxy) is 1. The summed E-state index contributed by atoms with van der Waals surface area (Å²) in [5, 5.41) is 0. The fraction of sp³-hybridized carbons (Fsp3) is 0.250. The maximum Gasteiger partial charge on any atom is 0.325 e. The van der Waals surface area contributed by atoms with Crippen LogP contribution < -0.4 is 4.80 Å². The van der Waals surface area contributed by atoms with Crippen LogP contribution in [0.3, 0.4) is 0 Å². The second kappa shape index (κ2) is 5.14. The Kier molecular flexibility index (Phi) is 3.57. The highest BCUT2D eigenvalue weighted by molar-refractivity contribution is 7.16. The maximum atomic E-state index is 11.4. The second-order valence-corrected chi connectivity index (χ2v) is 4.65. The van der Waals surface area contributed by atoms with E-state index in [1.54, 1.807) is 4.57 Å². The first-order chi connectivity index (χ1) is 8.61. The third-order valence-corrected chi connectivity index (χ3v) is 3.42. The summed E-state index contributed by atoms with van der Waals surface area (Å²) in [6.07, 6.45) is 0. The van der Waals surface area contributed by atoms with Crippen molar-refractivity contribution in [2.45, 2.75) is 13.5 Å². The SMILES string of the molecule is COC(=O)Cn1c(=NC(C)=O)sc2ccccc21. The number of fused-ring (bicyclic) bond motifs is 1. The monoisotopic (exact) mass is 264 g/mol. The zero-order chi connectivity index (χ0) is 13.1. The summed E-state index contributed by atoms with van der Waals surface area (Å²) in [4.78, 5) is 26.9. The number of amides is 1. The van der Waals surface area contributed by atoms with Gasteiger partial charge in [0.2, 0.25) is 5.91 Å². The van der Waals surface area contributed by atoms with Gasteiger partial charge in [0.05, 0.1) is 17.3 Å². The smallest absolute Gasteiger partial charge is 0.325 e. The lowest BCUT2D eigenvalue weighted by atomic mass is 10.3. The van der Waals surface area contributed by atoms with Crippen LogP contribution >= 0.6 is 11.3 Å². The van der Waals surface area contributed by atoms with Gasteiger partial charge in [-0.3, -0.25) is 9.59 Å². The molecule has 0 unspecified atom stereocenters. The van der Waals surface area contributed by atoms with Crippen molar-refractivity contribution < 1.29 is 14.3 Å². The lowest BCUT2D eigenvalue weighted by Gasteiger charge is -2.02. The minimum atomic E-state index is -0.372. The molecule has 0 saturated carbocycles. The molecule has 0 aliphatic carbocycles. The molecule has 0 aliphatic heterocycles. The molecule has 0 fully saturated rings. The summed E-state index contributed by atoms with van der Waals surface area (Å²) in [5.74, 6) is -0.663. The van der Waals surface area contributed by atoms with Crippen molar-refractivity contribution in [1.82, 2.24) is 4.57 Å². The van der Waals surface area contributed by atoms with E-state index in [1.165, 1.54) is 25.4 Å². The molecule has 6 heteroatoms. The van der Waals surface area contributed by atoms with Crippen LogP contribution in [0, 0.1) is 0 Å². The van der Waals surface area contributed by atoms with E-state index in [-0.39, 0.29) is 18.4 Å². The van der Waals surface area contributed by atoms with Gasteiger partial charge in [0.15, 0.2) is 4.80 Å². The van der Waals surface area contributed by atoms with Crippen molar-refractivity contribution in [3.8, 4) is 0 Å². The Morgan fingerprint density at radius 1 is 1.39 bits per heavy atom. The highest BCUT2D eigenvalue weighted by atomic mass is 32.1. The Balaban J connectivity index is 2.65. The molecule has 5 nitrogen and oxygen atoms in total. The number of nitrogens with zero attached hydrogens (tertiary/aromatic N) is 2. The number of hydrogen-bond acceptors (Lipinski definition) is 4. The highest BCUT2D eigenvalue weighted by Crippen LogP contribution is 2.16. The molecule has 1 heterocycles. The predicted octanol–water partition coefficient (Wildman–Crippen LogP) is 1.32. The molecule has 0 bridgehead atoms. The van der Waals surface area contributed by atoms with Gasteiger partial charge < -0.3 is 9.30 Å². The van der Waals surface area contributed by atoms with E-state index in [2.05, 4.69) is 9.73 Å². The predicted molar refractivity (Wildman–Crippen MR) is 68.1 cm³/mol. The van der Waals surface area contributed by atoms with Gasteiger partial charge in [0, 0.05) is 6.92 Å². The average Bonchev–Trinajstić information content (AvgIpc) is 2.66. The Bertz CT molecular complexity index is 669. The van der Waals surface area contributed by atoms with Crippen LogP contribution in [0.4, 0.5) is 0 Å². The Morgan fingerprint density at radius 2 is 2.11 bits per heavy atom. The van der Waals surface area contributed by atoms with E-state index < -0.39 is 0 Å². The normalized spacial score (nSPS) is 11.8. The van der Waals surface area contributed by atoms with Crippen LogP contribution in [0.15, 0.2) is 29.3 Å². The summed E-state index contributed by atoms with van der Waals surface area (Å²) < 4.78 is 7.31. The highest BCUT2D eigenvalue weighted by Gasteiger charge is 2.10. The zero-order valence-corrected chi connectivity index (χ0v) is 10.9. The first kappa shape index (κ1) is 12.5. The van der Waals surface area contributed by atoms with Gasteiger partial charge in [-0.15, -0.1) is 0 Å². The van der Waals surface area contributed by atoms with E-state index in [1.807, 2.05) is 24.3 Å². The van der Waals surface area contributed by atoms with Crippen molar-refractivity contribution in [1.29, 1.82) is 0 Å². The van der Waals surface area contributed by atoms with Crippen LogP contribution in [-0.2, 0) is 20.9 Å². The van der Waals surface area contributed by atoms with E-state index in [0.29, 0.717) is 4.80 Å². The summed E-state index contributed by atoms with van der Waals surface area (Å²) in [7, 11) is 1.33. The van der Waals surface area contributed by atoms with E-state index in [0.717, 1.165) is 10.2 Å². The van der Waals surface area contributed by atoms with Gasteiger partial charge in [-0.2, -0.15) is 4.99 Å². The topological polar surface area (TPSA) is 60.7 Å². The van der Waals surface area contributed by atoms with Crippen molar-refractivity contribution in [3.63, 3.8) is 0 Å². The fourth-order valence-electron chi connectivity index (χ4n) is 1.59. The minimum Gasteiger partial charge on any atom is -0.468 e. The van der Waals surface area contributed by atoms with Crippen LogP contribution in [0.25, 0.3) is 10.2 Å². The first-order valence-corrected chi connectivity index (χ1v) is 6.14. The van der Waals surface area contributed by atoms with Crippen LogP contribution in [0.5, 0.6) is 0 Å². The molecular weight excluding hydrogens is 252 g/mol. The number of carbonyl (C=O) groups is 2. The molecule has 2 aromatic rings. The number of para-hydroxylation sites is 1. The number of rotatable bonds is 2. The molecule has 1 amide bonds. The third-order valence-electron chi connectivity index (χ3n) is 2.36. The number of hydrogen-bond donors (Lipinski definition) is 0. The quantitative estimate of drug-likeness (QED) is 0.769. The Labute approximate surface area is 107 Å². The van der Waals surface area contributed by atoms with Gasteiger partial charge in [-0.05, 0) is 12.1 Å². The maximum absolute atomic E-state index is 11.4. The van der Waals surface area contributed by atoms with Gasteiger partial charge in [0.25, 0.3) is 0 Å². The molecule has 2 rings (SSSR count). The number of aromatic nitrogens is 1. The largest absolute Gasteiger partial charge is 0.468 e. The van der Waals surface area contributed by atoms with Crippen molar-refractivity contribution in [2.75, 3.05) is 7.11 Å². The molecule has 1 aromatic heterocycles. The molecule has 0 saturated heterocycles. The van der Waals surface area contributed by atoms with E-state index in [4.69, 9.17) is 0 Å². The third kappa shape index (κ3) is 2.48. The molecule has 0 aliphatic rings. The number of carbonyl (C=O) groups excluding carboxylic acids is 2. The number of thiazole rings is 1. The molecule has 18 heavy (non-hydrogen) atoms. The van der Waals surface area contributed by atoms with Crippen molar-refractivity contribution in [3.05, 3.63) is 29.1 Å². The van der Waals surface area contributed by atoms with E-state index in [9.17, 15) is 9.59 Å². The van der Waals surface area contributed by atoms with Gasteiger partial charge in [-0.1, -0.05) is 23.5 Å². The standard InChI is InChI=1S/C12H12N2O3S/c1-8(15)13-12-14(7-11(16)17-2)9-5-3-4-6-10(9)18-12/h3-6H,7H2,1-2H3. The fourth-order valence-corrected chi connectivity index (χ4v) is 2.66. The van der Waals surface area contributed by atoms with Crippen LogP contribution in [0.1, 0.15) is 6.92 Å². The molecule has 0 N–H and O–H groups in total. The van der Waals surface area contributed by atoms with E-state index >= 15 is 0 Å². The summed E-state index contributed by atoms with van der Waals surface area (Å²) in [6, 6.07) is 7.58. The molecular formula is C12H12N2O3S. The number of esters is 1. The summed E-state index contributed by atoms with van der Waals surface area (Å²) >= 11 is 1.37. The van der Waals surface area contributed by atoms with Crippen molar-refractivity contribution >= 4 is 33.4 Å². The van der Waals surface area contributed by atoms with Crippen molar-refractivity contribution in [2.24, 2.45) is 4.99 Å². The molecule has 0 spiro atoms. The Morgan fingerprint density at radius 3 is 2.78 bits per heavy atom. The minimum absolute atomic E-state index is 0.0482. The molecule has 94 valence electrons. The average molecular weight is 264 g/mol. The molecule has 1 aromatic carbocycles. The lowest BCUT2D eigenvalue weighted by molar-refractivity contribution is -0.141. The first-order valence-electron chi connectivity index (χ1n) is 5.32. The van der Waals surface area contributed by atoms with Gasteiger partial charge in [-0.25, -0.2) is 0 Å². The van der Waals surface area contributed by atoms with Gasteiger partial charge in [0.1, 0.15) is 6.54 Å². The summed E-state index contributed by atoms with van der Waals surface area (Å²) in [6.45, 7) is 1.43. The van der Waals surface area contributed by atoms with Crippen LogP contribution in [-0.4, -0.2) is 23.6 Å². The van der Waals surface area contributed by atoms with Gasteiger partial charge >= 0.3 is 5.97 Å².